The lowest BCUT2D eigenvalue weighted by Crippen LogP contribution is -2.06. The van der Waals surface area contributed by atoms with Gasteiger partial charge in [-0.05, 0) is 61.7 Å². The molecule has 7 heteroatoms. The van der Waals surface area contributed by atoms with E-state index in [1.807, 2.05) is 19.9 Å². The molecule has 3 aromatic rings. The van der Waals surface area contributed by atoms with Crippen molar-refractivity contribution in [1.82, 2.24) is 9.97 Å². The molecule has 0 atom stereocenters. The molecule has 158 valence electrons. The van der Waals surface area contributed by atoms with Gasteiger partial charge in [-0.25, -0.2) is 19.2 Å². The van der Waals surface area contributed by atoms with Crippen molar-refractivity contribution in [2.24, 2.45) is 9.98 Å². The van der Waals surface area contributed by atoms with E-state index in [1.54, 1.807) is 43.3 Å². The molecule has 1 heterocycles. The van der Waals surface area contributed by atoms with Gasteiger partial charge in [-0.2, -0.15) is 0 Å². The van der Waals surface area contributed by atoms with Crippen LogP contribution in [0.5, 0.6) is 0 Å². The summed E-state index contributed by atoms with van der Waals surface area (Å²) >= 11 is 0. The van der Waals surface area contributed by atoms with E-state index in [2.05, 4.69) is 20.0 Å². The van der Waals surface area contributed by atoms with Crippen LogP contribution in [0.1, 0.15) is 52.3 Å². The number of carbonyl (C=O) groups is 1. The van der Waals surface area contributed by atoms with Crippen molar-refractivity contribution in [2.45, 2.75) is 33.9 Å². The zero-order valence-corrected chi connectivity index (χ0v) is 17.6. The Morgan fingerprint density at radius 2 is 1.45 bits per heavy atom. The van der Waals surface area contributed by atoms with Gasteiger partial charge in [0.2, 0.25) is 0 Å². The summed E-state index contributed by atoms with van der Waals surface area (Å²) in [5, 5.41) is 8.97. The quantitative estimate of drug-likeness (QED) is 0.566. The smallest absolute Gasteiger partial charge is 0.335 e. The van der Waals surface area contributed by atoms with E-state index in [-0.39, 0.29) is 11.4 Å². The van der Waals surface area contributed by atoms with Gasteiger partial charge in [0.15, 0.2) is 0 Å². The van der Waals surface area contributed by atoms with Gasteiger partial charge in [0.05, 0.1) is 41.5 Å². The van der Waals surface area contributed by atoms with E-state index >= 15 is 0 Å². The van der Waals surface area contributed by atoms with E-state index in [0.29, 0.717) is 30.0 Å². The van der Waals surface area contributed by atoms with Crippen molar-refractivity contribution in [3.05, 3.63) is 94.3 Å². The highest BCUT2D eigenvalue weighted by Crippen LogP contribution is 2.12. The van der Waals surface area contributed by atoms with Crippen LogP contribution >= 0.6 is 0 Å². The predicted molar refractivity (Wildman–Crippen MR) is 118 cm³/mol. The van der Waals surface area contributed by atoms with Crippen molar-refractivity contribution < 1.29 is 14.3 Å². The molecule has 0 spiro atoms. The highest BCUT2D eigenvalue weighted by Gasteiger charge is 2.06. The summed E-state index contributed by atoms with van der Waals surface area (Å²) in [5.41, 5.74) is 5.57. The standard InChI is InChI=1S/C24H23FN4O2/c1-15-10-19(6-9-21(15)25)13-27-17(3)23-11-22(28-14-29-23)16(2)26-12-18-4-7-20(8-5-18)24(30)31/h4-11,14H,12-13H2,1-3H3,(H,30,31). The van der Waals surface area contributed by atoms with E-state index in [0.717, 1.165) is 22.6 Å². The molecule has 0 aliphatic heterocycles. The molecule has 0 unspecified atom stereocenters. The van der Waals surface area contributed by atoms with Gasteiger partial charge in [-0.3, -0.25) is 9.98 Å². The topological polar surface area (TPSA) is 87.8 Å². The van der Waals surface area contributed by atoms with Gasteiger partial charge in [0.1, 0.15) is 12.1 Å². The Morgan fingerprint density at radius 3 is 2.00 bits per heavy atom. The van der Waals surface area contributed by atoms with Crippen LogP contribution in [0.25, 0.3) is 0 Å². The molecule has 0 amide bonds. The Morgan fingerprint density at radius 1 is 0.903 bits per heavy atom. The number of carboxylic acid groups (broad SMARTS) is 1. The second-order valence-electron chi connectivity index (χ2n) is 7.18. The molecule has 3 rings (SSSR count). The SMILES string of the molecule is CC(=NCc1ccc(C(=O)O)cc1)c1cc(C(C)=NCc2ccc(F)c(C)c2)ncn1. The van der Waals surface area contributed by atoms with Crippen LogP contribution in [-0.2, 0) is 13.1 Å². The van der Waals surface area contributed by atoms with Crippen LogP contribution in [-0.4, -0.2) is 32.5 Å². The fraction of sp³-hybridized carbons (Fsp3) is 0.208. The Hall–Kier alpha value is -3.74. The normalized spacial score (nSPS) is 12.1. The van der Waals surface area contributed by atoms with Crippen molar-refractivity contribution >= 4 is 17.4 Å². The highest BCUT2D eigenvalue weighted by atomic mass is 19.1. The third kappa shape index (κ3) is 5.88. The Kier molecular flexibility index (Phi) is 6.97. The minimum Gasteiger partial charge on any atom is -0.478 e. The molecule has 0 saturated carbocycles. The number of hydrogen-bond donors (Lipinski definition) is 1. The average molecular weight is 418 g/mol. The van der Waals surface area contributed by atoms with Gasteiger partial charge in [-0.1, -0.05) is 24.3 Å². The molecule has 0 saturated heterocycles. The number of aromatic nitrogens is 2. The third-order valence-electron chi connectivity index (χ3n) is 4.83. The minimum absolute atomic E-state index is 0.225. The number of hydrogen-bond acceptors (Lipinski definition) is 5. The maximum atomic E-state index is 13.4. The number of carboxylic acids is 1. The van der Waals surface area contributed by atoms with Crippen LogP contribution in [0.15, 0.2) is 64.8 Å². The summed E-state index contributed by atoms with van der Waals surface area (Å²) in [6, 6.07) is 13.4. The summed E-state index contributed by atoms with van der Waals surface area (Å²) in [4.78, 5) is 28.7. The second-order valence-corrected chi connectivity index (χ2v) is 7.18. The number of aromatic carboxylic acids is 1. The number of nitrogens with zero attached hydrogens (tertiary/aromatic N) is 4. The molecule has 0 aliphatic carbocycles. The van der Waals surface area contributed by atoms with Crippen LogP contribution in [0.4, 0.5) is 4.39 Å². The number of rotatable bonds is 7. The monoisotopic (exact) mass is 418 g/mol. The first-order chi connectivity index (χ1) is 14.8. The van der Waals surface area contributed by atoms with Crippen LogP contribution < -0.4 is 0 Å². The zero-order chi connectivity index (χ0) is 22.4. The van der Waals surface area contributed by atoms with Crippen molar-refractivity contribution in [2.75, 3.05) is 0 Å². The lowest BCUT2D eigenvalue weighted by Gasteiger charge is -2.05. The number of benzene rings is 2. The third-order valence-corrected chi connectivity index (χ3v) is 4.83. The molecular weight excluding hydrogens is 395 g/mol. The highest BCUT2D eigenvalue weighted by molar-refractivity contribution is 6.01. The second kappa shape index (κ2) is 9.84. The zero-order valence-electron chi connectivity index (χ0n) is 17.6. The fourth-order valence-electron chi connectivity index (χ4n) is 2.89. The lowest BCUT2D eigenvalue weighted by atomic mass is 10.1. The van der Waals surface area contributed by atoms with Crippen molar-refractivity contribution in [3.8, 4) is 0 Å². The molecule has 6 nitrogen and oxygen atoms in total. The fourth-order valence-corrected chi connectivity index (χ4v) is 2.89. The first-order valence-electron chi connectivity index (χ1n) is 9.75. The van der Waals surface area contributed by atoms with Crippen LogP contribution in [0, 0.1) is 12.7 Å². The van der Waals surface area contributed by atoms with Crippen molar-refractivity contribution in [1.29, 1.82) is 0 Å². The largest absolute Gasteiger partial charge is 0.478 e. The van der Waals surface area contributed by atoms with Crippen LogP contribution in [0.2, 0.25) is 0 Å². The van der Waals surface area contributed by atoms with Gasteiger partial charge in [0, 0.05) is 0 Å². The van der Waals surface area contributed by atoms with Gasteiger partial charge in [0.25, 0.3) is 0 Å². The Bertz CT molecular complexity index is 1150. The Labute approximate surface area is 180 Å². The first-order valence-corrected chi connectivity index (χ1v) is 9.75. The van der Waals surface area contributed by atoms with E-state index < -0.39 is 5.97 Å². The molecule has 1 aromatic heterocycles. The molecule has 0 aliphatic rings. The van der Waals surface area contributed by atoms with E-state index in [1.165, 1.54) is 12.4 Å². The maximum absolute atomic E-state index is 13.4. The maximum Gasteiger partial charge on any atom is 0.335 e. The summed E-state index contributed by atoms with van der Waals surface area (Å²) < 4.78 is 13.4. The summed E-state index contributed by atoms with van der Waals surface area (Å²) in [6.07, 6.45) is 1.48. The van der Waals surface area contributed by atoms with Gasteiger partial charge < -0.3 is 5.11 Å². The summed E-state index contributed by atoms with van der Waals surface area (Å²) in [5.74, 6) is -1.18. The molecule has 0 bridgehead atoms. The van der Waals surface area contributed by atoms with E-state index in [4.69, 9.17) is 5.11 Å². The first kappa shape index (κ1) is 22.0. The Balaban J connectivity index is 1.71. The molecular formula is C24H23FN4O2. The van der Waals surface area contributed by atoms with E-state index in [9.17, 15) is 9.18 Å². The van der Waals surface area contributed by atoms with Gasteiger partial charge in [-0.15, -0.1) is 0 Å². The predicted octanol–water partition coefficient (Wildman–Crippen LogP) is 4.64. The number of aliphatic imine (C=N–C) groups is 2. The van der Waals surface area contributed by atoms with Crippen molar-refractivity contribution in [3.63, 3.8) is 0 Å². The summed E-state index contributed by atoms with van der Waals surface area (Å²) in [7, 11) is 0. The minimum atomic E-state index is -0.952. The molecule has 2 aromatic carbocycles. The number of aryl methyl sites for hydroxylation is 1. The molecule has 0 radical (unpaired) electrons. The lowest BCUT2D eigenvalue weighted by molar-refractivity contribution is 0.0697. The van der Waals surface area contributed by atoms with Crippen LogP contribution in [0.3, 0.4) is 0 Å². The molecule has 1 N–H and O–H groups in total. The summed E-state index contributed by atoms with van der Waals surface area (Å²) in [6.45, 7) is 6.33. The molecule has 0 fully saturated rings. The van der Waals surface area contributed by atoms with Gasteiger partial charge >= 0.3 is 5.97 Å². The molecule has 31 heavy (non-hydrogen) atoms. The number of halogens is 1. The average Bonchev–Trinajstić information content (AvgIpc) is 2.78.